The molecule has 0 fully saturated rings. The summed E-state index contributed by atoms with van der Waals surface area (Å²) in [6.07, 6.45) is 2.05. The minimum atomic E-state index is -0.863. The summed E-state index contributed by atoms with van der Waals surface area (Å²) in [5, 5.41) is 5.22. The fraction of sp³-hybridized carbons (Fsp3) is 0.150. The van der Waals surface area contributed by atoms with Gasteiger partial charge in [0.2, 0.25) is 5.95 Å². The predicted octanol–water partition coefficient (Wildman–Crippen LogP) is 3.67. The molecule has 0 saturated heterocycles. The Morgan fingerprint density at radius 2 is 1.82 bits per heavy atom. The first-order valence-corrected chi connectivity index (χ1v) is 8.52. The number of nitrogens with zero attached hydrogens (tertiary/aromatic N) is 2. The molecule has 144 valence electrons. The summed E-state index contributed by atoms with van der Waals surface area (Å²) in [6, 6.07) is 12.3. The topological polar surface area (TPSA) is 76.1 Å². The second-order valence-corrected chi connectivity index (χ2v) is 5.80. The Labute approximate surface area is 160 Å². The molecule has 0 aliphatic rings. The SMILES string of the molecule is COc1ccccc1CCNc1nccc(C(=O)Nc2c(F)cccc2F)n1. The monoisotopic (exact) mass is 384 g/mol. The zero-order valence-electron chi connectivity index (χ0n) is 15.1. The van der Waals surface area contributed by atoms with Crippen molar-refractivity contribution in [2.45, 2.75) is 6.42 Å². The van der Waals surface area contributed by atoms with E-state index in [0.29, 0.717) is 13.0 Å². The number of aromatic nitrogens is 2. The molecule has 28 heavy (non-hydrogen) atoms. The van der Waals surface area contributed by atoms with Crippen molar-refractivity contribution in [3.8, 4) is 5.75 Å². The Kier molecular flexibility index (Phi) is 6.11. The summed E-state index contributed by atoms with van der Waals surface area (Å²) < 4.78 is 32.7. The highest BCUT2D eigenvalue weighted by atomic mass is 19.1. The van der Waals surface area contributed by atoms with Crippen molar-refractivity contribution in [3.63, 3.8) is 0 Å². The summed E-state index contributed by atoms with van der Waals surface area (Å²) in [5.74, 6) is -1.45. The number of halogens is 2. The number of nitrogens with one attached hydrogen (secondary N) is 2. The lowest BCUT2D eigenvalue weighted by Gasteiger charge is -2.10. The van der Waals surface area contributed by atoms with Crippen molar-refractivity contribution < 1.29 is 18.3 Å². The molecule has 1 aromatic heterocycles. The number of benzene rings is 2. The first kappa shape index (κ1) is 19.2. The normalized spacial score (nSPS) is 10.4. The van der Waals surface area contributed by atoms with Gasteiger partial charge in [0.15, 0.2) is 0 Å². The quantitative estimate of drug-likeness (QED) is 0.650. The van der Waals surface area contributed by atoms with Crippen LogP contribution in [0.4, 0.5) is 20.4 Å². The Morgan fingerprint density at radius 1 is 1.07 bits per heavy atom. The van der Waals surface area contributed by atoms with Gasteiger partial charge < -0.3 is 15.4 Å². The van der Waals surface area contributed by atoms with E-state index in [1.54, 1.807) is 7.11 Å². The molecule has 0 spiro atoms. The van der Waals surface area contributed by atoms with Crippen molar-refractivity contribution in [1.82, 2.24) is 9.97 Å². The Balaban J connectivity index is 1.64. The lowest BCUT2D eigenvalue weighted by Crippen LogP contribution is -2.17. The molecule has 0 aliphatic heterocycles. The van der Waals surface area contributed by atoms with E-state index in [0.717, 1.165) is 23.4 Å². The molecule has 0 atom stereocenters. The number of methoxy groups -OCH3 is 1. The van der Waals surface area contributed by atoms with Gasteiger partial charge in [0, 0.05) is 12.7 Å². The first-order valence-electron chi connectivity index (χ1n) is 8.52. The molecule has 2 aromatic carbocycles. The van der Waals surface area contributed by atoms with Gasteiger partial charge >= 0.3 is 0 Å². The molecule has 2 N–H and O–H groups in total. The van der Waals surface area contributed by atoms with Crippen LogP contribution < -0.4 is 15.4 Å². The second-order valence-electron chi connectivity index (χ2n) is 5.80. The van der Waals surface area contributed by atoms with Crippen LogP contribution in [-0.4, -0.2) is 29.5 Å². The molecule has 8 heteroatoms. The van der Waals surface area contributed by atoms with E-state index in [1.165, 1.54) is 18.3 Å². The Morgan fingerprint density at radius 3 is 2.57 bits per heavy atom. The largest absolute Gasteiger partial charge is 0.496 e. The van der Waals surface area contributed by atoms with Crippen LogP contribution in [0.25, 0.3) is 0 Å². The van der Waals surface area contributed by atoms with E-state index in [4.69, 9.17) is 4.74 Å². The van der Waals surface area contributed by atoms with Gasteiger partial charge in [-0.2, -0.15) is 0 Å². The number of rotatable bonds is 7. The summed E-state index contributed by atoms with van der Waals surface area (Å²) >= 11 is 0. The average molecular weight is 384 g/mol. The summed E-state index contributed by atoms with van der Waals surface area (Å²) in [7, 11) is 1.61. The van der Waals surface area contributed by atoms with Crippen LogP contribution in [-0.2, 0) is 6.42 Å². The van der Waals surface area contributed by atoms with E-state index in [1.807, 2.05) is 24.3 Å². The summed E-state index contributed by atoms with van der Waals surface area (Å²) in [6.45, 7) is 0.507. The zero-order valence-corrected chi connectivity index (χ0v) is 15.1. The summed E-state index contributed by atoms with van der Waals surface area (Å²) in [5.41, 5.74) is 0.482. The number of amides is 1. The molecule has 3 rings (SSSR count). The molecule has 0 radical (unpaired) electrons. The number of para-hydroxylation sites is 2. The number of ether oxygens (including phenoxy) is 1. The van der Waals surface area contributed by atoms with Crippen molar-refractivity contribution >= 4 is 17.5 Å². The van der Waals surface area contributed by atoms with Crippen molar-refractivity contribution in [2.24, 2.45) is 0 Å². The third kappa shape index (κ3) is 4.59. The molecule has 0 aliphatic carbocycles. The number of hydrogen-bond acceptors (Lipinski definition) is 5. The van der Waals surface area contributed by atoms with Gasteiger partial charge in [-0.25, -0.2) is 18.7 Å². The van der Waals surface area contributed by atoms with Crippen molar-refractivity contribution in [1.29, 1.82) is 0 Å². The number of carbonyl (C=O) groups is 1. The minimum absolute atomic E-state index is 0.0163. The third-order valence-electron chi connectivity index (χ3n) is 3.96. The molecular weight excluding hydrogens is 366 g/mol. The first-order chi connectivity index (χ1) is 13.6. The number of hydrogen-bond donors (Lipinski definition) is 2. The average Bonchev–Trinajstić information content (AvgIpc) is 2.71. The maximum absolute atomic E-state index is 13.7. The molecular formula is C20H18F2N4O2. The van der Waals surface area contributed by atoms with E-state index in [-0.39, 0.29) is 11.6 Å². The van der Waals surface area contributed by atoms with E-state index in [9.17, 15) is 13.6 Å². The predicted molar refractivity (Wildman–Crippen MR) is 102 cm³/mol. The highest BCUT2D eigenvalue weighted by molar-refractivity contribution is 6.03. The zero-order chi connectivity index (χ0) is 19.9. The van der Waals surface area contributed by atoms with Gasteiger partial charge in [0.25, 0.3) is 5.91 Å². The van der Waals surface area contributed by atoms with Crippen LogP contribution in [0, 0.1) is 11.6 Å². The van der Waals surface area contributed by atoms with Crippen LogP contribution >= 0.6 is 0 Å². The molecule has 1 amide bonds. The maximum atomic E-state index is 13.7. The molecule has 6 nitrogen and oxygen atoms in total. The smallest absolute Gasteiger partial charge is 0.274 e. The highest BCUT2D eigenvalue weighted by Gasteiger charge is 2.15. The Hall–Kier alpha value is -3.55. The van der Waals surface area contributed by atoms with Crippen LogP contribution in [0.5, 0.6) is 5.75 Å². The molecule has 0 bridgehead atoms. The van der Waals surface area contributed by atoms with Crippen molar-refractivity contribution in [2.75, 3.05) is 24.3 Å². The van der Waals surface area contributed by atoms with Gasteiger partial charge in [0.1, 0.15) is 28.8 Å². The molecule has 0 unspecified atom stereocenters. The second kappa shape index (κ2) is 8.90. The van der Waals surface area contributed by atoms with Gasteiger partial charge in [-0.15, -0.1) is 0 Å². The van der Waals surface area contributed by atoms with E-state index in [2.05, 4.69) is 20.6 Å². The fourth-order valence-corrected chi connectivity index (χ4v) is 2.58. The lowest BCUT2D eigenvalue weighted by molar-refractivity contribution is 0.102. The third-order valence-corrected chi connectivity index (χ3v) is 3.96. The molecule has 3 aromatic rings. The van der Waals surface area contributed by atoms with Crippen molar-refractivity contribution in [3.05, 3.63) is 77.6 Å². The van der Waals surface area contributed by atoms with Crippen LogP contribution in [0.15, 0.2) is 54.7 Å². The summed E-state index contributed by atoms with van der Waals surface area (Å²) in [4.78, 5) is 20.4. The van der Waals surface area contributed by atoms with Crippen LogP contribution in [0.2, 0.25) is 0 Å². The van der Waals surface area contributed by atoms with Gasteiger partial charge in [-0.3, -0.25) is 4.79 Å². The highest BCUT2D eigenvalue weighted by Crippen LogP contribution is 2.19. The number of anilines is 2. The van der Waals surface area contributed by atoms with E-state index >= 15 is 0 Å². The van der Waals surface area contributed by atoms with Gasteiger partial charge in [-0.1, -0.05) is 24.3 Å². The fourth-order valence-electron chi connectivity index (χ4n) is 2.58. The molecule has 1 heterocycles. The minimum Gasteiger partial charge on any atom is -0.496 e. The standard InChI is InChI=1S/C20H18F2N4O2/c1-28-17-8-3-2-5-13(17)9-11-23-20-24-12-10-16(25-20)19(27)26-18-14(21)6-4-7-15(18)22/h2-8,10,12H,9,11H2,1H3,(H,26,27)(H,23,24,25). The lowest BCUT2D eigenvalue weighted by atomic mass is 10.1. The van der Waals surface area contributed by atoms with Crippen LogP contribution in [0.1, 0.15) is 16.1 Å². The molecule has 0 saturated carbocycles. The van der Waals surface area contributed by atoms with Crippen LogP contribution in [0.3, 0.4) is 0 Å². The maximum Gasteiger partial charge on any atom is 0.274 e. The number of carbonyl (C=O) groups excluding carboxylic acids is 1. The van der Waals surface area contributed by atoms with Gasteiger partial charge in [-0.05, 0) is 36.2 Å². The van der Waals surface area contributed by atoms with E-state index < -0.39 is 23.2 Å². The van der Waals surface area contributed by atoms with Gasteiger partial charge in [0.05, 0.1) is 7.11 Å². The Bertz CT molecular complexity index is 962.